The molecule has 2 heteroatoms. The molecule has 0 aliphatic heterocycles. The summed E-state index contributed by atoms with van der Waals surface area (Å²) in [5.74, 6) is 0. The highest BCUT2D eigenvalue weighted by Gasteiger charge is 2.22. The summed E-state index contributed by atoms with van der Waals surface area (Å²) >= 11 is 0. The molecule has 0 saturated heterocycles. The molecule has 0 radical (unpaired) electrons. The molecule has 0 N–H and O–H groups in total. The number of rotatable bonds is 2. The van der Waals surface area contributed by atoms with E-state index in [1.165, 1.54) is 54.6 Å². The van der Waals surface area contributed by atoms with E-state index in [2.05, 4.69) is 146 Å². The minimum absolute atomic E-state index is 0.871. The van der Waals surface area contributed by atoms with E-state index < -0.39 is 0 Å². The summed E-state index contributed by atoms with van der Waals surface area (Å²) in [4.78, 5) is 0. The van der Waals surface area contributed by atoms with Crippen LogP contribution < -0.4 is 0 Å². The van der Waals surface area contributed by atoms with Crippen LogP contribution in [0, 0.1) is 0 Å². The van der Waals surface area contributed by atoms with Gasteiger partial charge in [0.15, 0.2) is 0 Å². The van der Waals surface area contributed by atoms with Crippen LogP contribution in [0.3, 0.4) is 0 Å². The molecule has 0 saturated carbocycles. The molecule has 11 rings (SSSR count). The third kappa shape index (κ3) is 3.46. The minimum atomic E-state index is 0.871. The fourth-order valence-electron chi connectivity index (χ4n) is 8.15. The predicted molar refractivity (Wildman–Crippen MR) is 202 cm³/mol. The van der Waals surface area contributed by atoms with Crippen molar-refractivity contribution < 1.29 is 8.83 Å². The first-order valence-electron chi connectivity index (χ1n) is 16.4. The molecular formula is C46H26O2. The Balaban J connectivity index is 1.25. The third-order valence-electron chi connectivity index (χ3n) is 10.2. The van der Waals surface area contributed by atoms with Gasteiger partial charge >= 0.3 is 0 Å². The summed E-state index contributed by atoms with van der Waals surface area (Å²) in [5.41, 5.74) is 8.40. The number of furan rings is 2. The highest BCUT2D eigenvalue weighted by molar-refractivity contribution is 6.34. The van der Waals surface area contributed by atoms with Gasteiger partial charge in [0.2, 0.25) is 0 Å². The molecule has 2 nitrogen and oxygen atoms in total. The lowest BCUT2D eigenvalue weighted by Gasteiger charge is -2.18. The molecule has 2 heterocycles. The molecule has 0 aliphatic carbocycles. The van der Waals surface area contributed by atoms with Crippen molar-refractivity contribution in [1.29, 1.82) is 0 Å². The summed E-state index contributed by atoms with van der Waals surface area (Å²) in [7, 11) is 0. The Morgan fingerprint density at radius 1 is 0.292 bits per heavy atom. The quantitative estimate of drug-likeness (QED) is 0.182. The van der Waals surface area contributed by atoms with Crippen LogP contribution in [-0.4, -0.2) is 0 Å². The van der Waals surface area contributed by atoms with Gasteiger partial charge in [-0.3, -0.25) is 0 Å². The molecule has 9 aromatic carbocycles. The first-order chi connectivity index (χ1) is 23.8. The van der Waals surface area contributed by atoms with Gasteiger partial charge in [0.1, 0.15) is 22.3 Å². The van der Waals surface area contributed by atoms with Crippen LogP contribution in [0.15, 0.2) is 167 Å². The van der Waals surface area contributed by atoms with Crippen molar-refractivity contribution in [2.45, 2.75) is 0 Å². The molecule has 0 unspecified atom stereocenters. The smallest absolute Gasteiger partial charge is 0.147 e. The molecule has 48 heavy (non-hydrogen) atoms. The van der Waals surface area contributed by atoms with Crippen LogP contribution >= 0.6 is 0 Å². The SMILES string of the molecule is c1ccc2cc(-c3c4ccccc4c(-c4ccc5oc6c(c5c4)c4ccccc4c4oc5ccccc5c46)c4ccccc34)ccc2c1. The van der Waals surface area contributed by atoms with Gasteiger partial charge in [-0.1, -0.05) is 133 Å². The lowest BCUT2D eigenvalue weighted by molar-refractivity contribution is 0.665. The second kappa shape index (κ2) is 9.57. The Morgan fingerprint density at radius 3 is 1.50 bits per heavy atom. The normalized spacial score (nSPS) is 12.2. The fourth-order valence-corrected chi connectivity index (χ4v) is 8.15. The van der Waals surface area contributed by atoms with Crippen LogP contribution in [0.2, 0.25) is 0 Å². The molecule has 0 bridgehead atoms. The van der Waals surface area contributed by atoms with Crippen LogP contribution in [-0.2, 0) is 0 Å². The average molecular weight is 611 g/mol. The summed E-state index contributed by atoms with van der Waals surface area (Å²) in [5, 5.41) is 14.0. The maximum Gasteiger partial charge on any atom is 0.147 e. The topological polar surface area (TPSA) is 26.3 Å². The van der Waals surface area contributed by atoms with Crippen molar-refractivity contribution in [3.8, 4) is 22.3 Å². The summed E-state index contributed by atoms with van der Waals surface area (Å²) < 4.78 is 13.2. The number of hydrogen-bond acceptors (Lipinski definition) is 2. The zero-order valence-corrected chi connectivity index (χ0v) is 25.8. The van der Waals surface area contributed by atoms with Gasteiger partial charge in [0.05, 0.1) is 5.39 Å². The zero-order chi connectivity index (χ0) is 31.3. The highest BCUT2D eigenvalue weighted by Crippen LogP contribution is 2.48. The van der Waals surface area contributed by atoms with Gasteiger partial charge in [0.25, 0.3) is 0 Å². The highest BCUT2D eigenvalue weighted by atomic mass is 16.3. The van der Waals surface area contributed by atoms with Crippen molar-refractivity contribution in [2.24, 2.45) is 0 Å². The van der Waals surface area contributed by atoms with E-state index in [-0.39, 0.29) is 0 Å². The molecular weight excluding hydrogens is 585 g/mol. The average Bonchev–Trinajstić information content (AvgIpc) is 3.73. The Morgan fingerprint density at radius 2 is 0.792 bits per heavy atom. The zero-order valence-electron chi connectivity index (χ0n) is 25.8. The van der Waals surface area contributed by atoms with Crippen LogP contribution in [0.5, 0.6) is 0 Å². The van der Waals surface area contributed by atoms with Crippen molar-refractivity contribution in [2.75, 3.05) is 0 Å². The Kier molecular flexibility index (Phi) is 5.14. The van der Waals surface area contributed by atoms with Gasteiger partial charge in [-0.25, -0.2) is 0 Å². The van der Waals surface area contributed by atoms with Crippen molar-refractivity contribution >= 4 is 87.0 Å². The first kappa shape index (κ1) is 25.8. The maximum absolute atomic E-state index is 6.76. The Hall–Kier alpha value is -6.38. The van der Waals surface area contributed by atoms with E-state index in [1.807, 2.05) is 12.1 Å². The Bertz CT molecular complexity index is 3060. The van der Waals surface area contributed by atoms with Crippen LogP contribution in [0.25, 0.3) is 109 Å². The maximum atomic E-state index is 6.76. The number of hydrogen-bond donors (Lipinski definition) is 0. The van der Waals surface area contributed by atoms with E-state index in [0.29, 0.717) is 0 Å². The van der Waals surface area contributed by atoms with E-state index >= 15 is 0 Å². The van der Waals surface area contributed by atoms with Crippen LogP contribution in [0.1, 0.15) is 0 Å². The largest absolute Gasteiger partial charge is 0.455 e. The predicted octanol–water partition coefficient (Wildman–Crippen LogP) is 13.4. The van der Waals surface area contributed by atoms with E-state index in [1.54, 1.807) is 0 Å². The van der Waals surface area contributed by atoms with Crippen molar-refractivity contribution in [3.63, 3.8) is 0 Å². The fraction of sp³-hybridized carbons (Fsp3) is 0. The van der Waals surface area contributed by atoms with Gasteiger partial charge in [0, 0.05) is 21.5 Å². The molecule has 2 aromatic heterocycles. The second-order valence-electron chi connectivity index (χ2n) is 12.8. The summed E-state index contributed by atoms with van der Waals surface area (Å²) in [6, 6.07) is 56.7. The second-order valence-corrected chi connectivity index (χ2v) is 12.8. The van der Waals surface area contributed by atoms with Gasteiger partial charge in [-0.05, 0) is 84.2 Å². The van der Waals surface area contributed by atoms with E-state index in [9.17, 15) is 0 Å². The standard InChI is InChI=1S/C46H26O2/c1-2-12-28-25-29(22-21-27(28)11-1)41-31-13-3-5-15-33(31)42(34-16-6-4-14-32(34)41)30-23-24-40-38(26-30)43-35-17-7-8-18-36(35)45-44(46(43)48-40)37-19-9-10-20-39(37)47-45/h1-26H. The minimum Gasteiger partial charge on any atom is -0.455 e. The van der Waals surface area contributed by atoms with E-state index in [0.717, 1.165) is 54.6 Å². The first-order valence-corrected chi connectivity index (χ1v) is 16.4. The molecule has 0 spiro atoms. The molecule has 0 atom stereocenters. The lowest BCUT2D eigenvalue weighted by atomic mass is 9.85. The van der Waals surface area contributed by atoms with Crippen molar-refractivity contribution in [3.05, 3.63) is 158 Å². The van der Waals surface area contributed by atoms with E-state index in [4.69, 9.17) is 8.83 Å². The van der Waals surface area contributed by atoms with Gasteiger partial charge < -0.3 is 8.83 Å². The number of para-hydroxylation sites is 1. The Labute approximate surface area is 275 Å². The monoisotopic (exact) mass is 610 g/mol. The van der Waals surface area contributed by atoms with Gasteiger partial charge in [-0.2, -0.15) is 0 Å². The lowest BCUT2D eigenvalue weighted by Crippen LogP contribution is -1.91. The van der Waals surface area contributed by atoms with Crippen LogP contribution in [0.4, 0.5) is 0 Å². The molecule has 0 fully saturated rings. The molecule has 222 valence electrons. The van der Waals surface area contributed by atoms with Gasteiger partial charge in [-0.15, -0.1) is 0 Å². The molecule has 0 aliphatic rings. The molecule has 0 amide bonds. The number of benzene rings is 9. The summed E-state index contributed by atoms with van der Waals surface area (Å²) in [6.45, 7) is 0. The number of fused-ring (bicyclic) bond motifs is 13. The molecule has 11 aromatic rings. The van der Waals surface area contributed by atoms with Crippen molar-refractivity contribution in [1.82, 2.24) is 0 Å². The third-order valence-corrected chi connectivity index (χ3v) is 10.2. The summed E-state index contributed by atoms with van der Waals surface area (Å²) in [6.07, 6.45) is 0.